The second-order valence-electron chi connectivity index (χ2n) is 10.2. The first-order valence-corrected chi connectivity index (χ1v) is 14.8. The van der Waals surface area contributed by atoms with Crippen LogP contribution in [-0.2, 0) is 44.5 Å². The number of rotatable bonds is 8. The molecule has 0 aliphatic carbocycles. The molecule has 0 spiro atoms. The minimum Gasteiger partial charge on any atom is -0.558 e. The van der Waals surface area contributed by atoms with Gasteiger partial charge in [-0.2, -0.15) is 0 Å². The molecule has 210 valence electrons. The summed E-state index contributed by atoms with van der Waals surface area (Å²) >= 11 is -3.82. The van der Waals surface area contributed by atoms with Crippen LogP contribution in [0.4, 0.5) is 3.52 Å². The van der Waals surface area contributed by atoms with Crippen molar-refractivity contribution in [2.24, 2.45) is 0 Å². The highest BCUT2D eigenvalue weighted by Crippen LogP contribution is 2.14. The Balaban J connectivity index is 1.28. The Labute approximate surface area is 232 Å². The van der Waals surface area contributed by atoms with Gasteiger partial charge < -0.3 is 11.1 Å². The van der Waals surface area contributed by atoms with Crippen molar-refractivity contribution in [2.45, 2.75) is 38.6 Å². The van der Waals surface area contributed by atoms with E-state index in [1.165, 1.54) is 4.90 Å². The topological polar surface area (TPSA) is 117 Å². The Hall–Kier alpha value is -2.69. The Kier molecular flexibility index (Phi) is 10.6. The number of likely N-dealkylation sites (tertiary alicyclic amines) is 1. The number of ketones is 1. The molecule has 39 heavy (non-hydrogen) atoms. The molecule has 3 aliphatic rings. The molecule has 3 saturated heterocycles. The van der Waals surface area contributed by atoms with Gasteiger partial charge >= 0.3 is 15.3 Å². The van der Waals surface area contributed by atoms with E-state index in [2.05, 4.69) is 4.90 Å². The third-order valence-electron chi connectivity index (χ3n) is 7.17. The van der Waals surface area contributed by atoms with E-state index >= 15 is 0 Å². The molecule has 3 fully saturated rings. The van der Waals surface area contributed by atoms with Gasteiger partial charge in [-0.15, -0.1) is 0 Å². The summed E-state index contributed by atoms with van der Waals surface area (Å²) in [4.78, 5) is 67.3. The number of nitrogens with zero attached hydrogens (tertiary/aromatic N) is 4. The molecular weight excluding hydrogens is 525 g/mol. The Bertz CT molecular complexity index is 1020. The van der Waals surface area contributed by atoms with E-state index in [1.54, 1.807) is 0 Å². The molecule has 2 unspecified atom stereocenters. The first-order valence-electron chi connectivity index (χ1n) is 13.4. The zero-order chi connectivity index (χ0) is 27.8. The third kappa shape index (κ3) is 9.19. The predicted molar refractivity (Wildman–Crippen MR) is 138 cm³/mol. The normalized spacial score (nSPS) is 23.5. The van der Waals surface area contributed by atoms with Crippen molar-refractivity contribution in [1.82, 2.24) is 19.6 Å². The summed E-state index contributed by atoms with van der Waals surface area (Å²) in [5.74, 6) is -1.69. The Morgan fingerprint density at radius 2 is 1.31 bits per heavy atom. The summed E-state index contributed by atoms with van der Waals surface area (Å²) in [5, 5.41) is 0. The molecule has 3 aliphatic heterocycles. The van der Waals surface area contributed by atoms with Crippen molar-refractivity contribution in [3.05, 3.63) is 35.4 Å². The van der Waals surface area contributed by atoms with Crippen LogP contribution < -0.4 is 0 Å². The molecule has 2 atom stereocenters. The third-order valence-corrected chi connectivity index (χ3v) is 8.07. The average molecular weight is 560 g/mol. The summed E-state index contributed by atoms with van der Waals surface area (Å²) in [6.45, 7) is 4.52. The van der Waals surface area contributed by atoms with Crippen LogP contribution in [0.1, 0.15) is 36.8 Å². The minimum atomic E-state index is -3.82. The predicted octanol–water partition coefficient (Wildman–Crippen LogP) is 0.201. The van der Waals surface area contributed by atoms with Gasteiger partial charge in [0.15, 0.2) is 0 Å². The number of carbonyl (C=O) groups excluding carboxylic acids is 5. The number of carbonyl (C=O) groups is 5. The zero-order valence-corrected chi connectivity index (χ0v) is 23.2. The summed E-state index contributed by atoms with van der Waals surface area (Å²) in [6.07, 6.45) is 1.61. The maximum atomic E-state index is 13.8. The van der Waals surface area contributed by atoms with Crippen LogP contribution >= 0.6 is 0 Å². The molecule has 1 aromatic rings. The number of imide groups is 1. The molecular formula is C26H34AlFN4O7. The molecule has 0 N–H and O–H groups in total. The van der Waals surface area contributed by atoms with E-state index < -0.39 is 27.2 Å². The fourth-order valence-corrected chi connectivity index (χ4v) is 5.58. The van der Waals surface area contributed by atoms with Gasteiger partial charge in [0.05, 0.1) is 13.1 Å². The lowest BCUT2D eigenvalue weighted by Gasteiger charge is -2.26. The maximum Gasteiger partial charge on any atom is 1.15 e. The maximum absolute atomic E-state index is 13.8. The van der Waals surface area contributed by atoms with Crippen molar-refractivity contribution in [2.75, 3.05) is 58.9 Å². The van der Waals surface area contributed by atoms with Gasteiger partial charge in [0.25, 0.3) is 11.9 Å². The van der Waals surface area contributed by atoms with Crippen LogP contribution in [0.3, 0.4) is 0 Å². The van der Waals surface area contributed by atoms with Crippen molar-refractivity contribution < 1.29 is 35.1 Å². The van der Waals surface area contributed by atoms with Crippen LogP contribution in [0.25, 0.3) is 0 Å². The number of Topliss-reactive ketones (excluding diaryl/α,β-unsaturated/α-hetero) is 1. The lowest BCUT2D eigenvalue weighted by molar-refractivity contribution is -0.143. The number of hydrogen-bond acceptors (Lipinski definition) is 10. The molecule has 3 heterocycles. The van der Waals surface area contributed by atoms with E-state index in [-0.39, 0.29) is 43.5 Å². The van der Waals surface area contributed by atoms with Crippen molar-refractivity contribution in [3.63, 3.8) is 0 Å². The molecule has 1 aromatic carbocycles. The monoisotopic (exact) mass is 559 g/mol. The molecule has 4 rings (SSSR count). The Morgan fingerprint density at radius 3 is 1.87 bits per heavy atom. The minimum absolute atomic E-state index is 0.0555. The molecule has 0 radical (unpaired) electrons. The summed E-state index contributed by atoms with van der Waals surface area (Å²) < 4.78 is 23.2. The van der Waals surface area contributed by atoms with Crippen molar-refractivity contribution in [1.29, 1.82) is 0 Å². The second-order valence-corrected chi connectivity index (χ2v) is 11.2. The molecule has 2 amide bonds. The lowest BCUT2D eigenvalue weighted by Crippen LogP contribution is -2.40. The second kappa shape index (κ2) is 14.1. The number of fused-ring (bicyclic) bond motifs is 3. The number of amides is 2. The van der Waals surface area contributed by atoms with Crippen LogP contribution in [0, 0.1) is 0 Å². The molecule has 0 aromatic heterocycles. The molecule has 13 heteroatoms. The first kappa shape index (κ1) is 29.3. The van der Waals surface area contributed by atoms with Gasteiger partial charge in [-0.1, -0.05) is 24.3 Å². The standard InChI is InChI=1S/C26H36N4O7.Al.FH/c31-22(2-1-9-30-23(32)7-8-24(30)33)16-20-3-5-21(6-4-20)17-27-10-12-28(18-25(34)35)14-15-29(13-11-27)19-26(36)37;;/h3-6H,1-2,7-19H2,(H,34,35)(H,36,37);;1H/q;+3;/p-3/i;;1-1. The van der Waals surface area contributed by atoms with E-state index in [0.29, 0.717) is 71.6 Å². The fourth-order valence-electron chi connectivity index (χ4n) is 4.97. The molecule has 2 bridgehead atoms. The van der Waals surface area contributed by atoms with Gasteiger partial charge in [0.2, 0.25) is 11.8 Å². The highest BCUT2D eigenvalue weighted by Gasteiger charge is 2.42. The average Bonchev–Trinajstić information content (AvgIpc) is 3.23. The number of benzene rings is 1. The van der Waals surface area contributed by atoms with Gasteiger partial charge in [0.1, 0.15) is 5.78 Å². The molecule has 0 saturated carbocycles. The molecule has 11 nitrogen and oxygen atoms in total. The highest BCUT2D eigenvalue weighted by molar-refractivity contribution is 6.41. The van der Waals surface area contributed by atoms with E-state index in [9.17, 15) is 27.5 Å². The first-order chi connectivity index (χ1) is 18.7. The SMILES string of the molecule is O=C(CCCN1C(=O)CCC1=O)Cc1ccc(CN2CCN3CCN(CC2)CC(=O)[O][Al]([18F])[O]C(=O)C3)cc1. The van der Waals surface area contributed by atoms with E-state index in [0.717, 1.165) is 11.1 Å². The van der Waals surface area contributed by atoms with E-state index in [1.807, 2.05) is 34.1 Å². The lowest BCUT2D eigenvalue weighted by atomic mass is 10.0. The summed E-state index contributed by atoms with van der Waals surface area (Å²) in [7, 11) is 0. The van der Waals surface area contributed by atoms with Gasteiger partial charge in [-0.05, 0) is 17.5 Å². The quantitative estimate of drug-likeness (QED) is 0.323. The highest BCUT2D eigenvalue weighted by atomic mass is 27.3. The summed E-state index contributed by atoms with van der Waals surface area (Å²) in [5.41, 5.74) is 1.97. The number of hydrogen-bond donors (Lipinski definition) is 0. The van der Waals surface area contributed by atoms with Crippen LogP contribution in [0.15, 0.2) is 24.3 Å². The fraction of sp³-hybridized carbons (Fsp3) is 0.577. The van der Waals surface area contributed by atoms with Crippen LogP contribution in [-0.4, -0.2) is 123 Å². The van der Waals surface area contributed by atoms with Gasteiger partial charge in [-0.25, -0.2) is 0 Å². The summed E-state index contributed by atoms with van der Waals surface area (Å²) in [6, 6.07) is 7.85. The van der Waals surface area contributed by atoms with Crippen LogP contribution in [0.5, 0.6) is 0 Å². The van der Waals surface area contributed by atoms with Gasteiger partial charge in [-0.3, -0.25) is 43.6 Å². The van der Waals surface area contributed by atoms with Crippen LogP contribution in [0.2, 0.25) is 0 Å². The largest absolute Gasteiger partial charge is 1.15 e. The zero-order valence-electron chi connectivity index (χ0n) is 22.0. The smallest absolute Gasteiger partial charge is 0.558 e. The Morgan fingerprint density at radius 1 is 0.795 bits per heavy atom. The van der Waals surface area contributed by atoms with Crippen molar-refractivity contribution in [3.8, 4) is 0 Å². The van der Waals surface area contributed by atoms with Crippen molar-refractivity contribution >= 4 is 44.8 Å². The van der Waals surface area contributed by atoms with Gasteiger partial charge in [0, 0.05) is 78.0 Å². The van der Waals surface area contributed by atoms with E-state index in [4.69, 9.17) is 7.58 Å². The number of halogens is 1.